The van der Waals surface area contributed by atoms with Crippen LogP contribution in [0.2, 0.25) is 0 Å². The summed E-state index contributed by atoms with van der Waals surface area (Å²) in [5.41, 5.74) is 18.7. The van der Waals surface area contributed by atoms with E-state index >= 15 is 0 Å². The fraction of sp³-hybridized carbons (Fsp3) is 0.0784. The Bertz CT molecular complexity index is 3090. The maximum atomic E-state index is 5.52. The number of rotatable bonds is 2. The number of fused-ring (bicyclic) bond motifs is 10. The molecule has 4 aliphatic rings. The number of aromatic nitrogens is 1. The van der Waals surface area contributed by atoms with Crippen molar-refractivity contribution in [2.75, 3.05) is 0 Å². The minimum absolute atomic E-state index is 0.0219. The highest BCUT2D eigenvalue weighted by Crippen LogP contribution is 2.59. The molecule has 2 heterocycles. The highest BCUT2D eigenvalue weighted by molar-refractivity contribution is 6.22. The zero-order valence-corrected chi connectivity index (χ0v) is 30.1. The molecule has 3 nitrogen and oxygen atoms in total. The molecule has 0 saturated heterocycles. The van der Waals surface area contributed by atoms with E-state index in [-0.39, 0.29) is 11.5 Å². The van der Waals surface area contributed by atoms with Gasteiger partial charge in [0.15, 0.2) is 0 Å². The lowest BCUT2D eigenvalue weighted by Crippen LogP contribution is -2.42. The van der Waals surface area contributed by atoms with Crippen molar-refractivity contribution in [1.29, 1.82) is 0 Å². The zero-order valence-electron chi connectivity index (χ0n) is 30.1. The van der Waals surface area contributed by atoms with Crippen LogP contribution in [0.4, 0.5) is 0 Å². The van der Waals surface area contributed by atoms with Crippen LogP contribution in [-0.4, -0.2) is 16.6 Å². The SMILES string of the molecule is CC1(C)C2=C(c3ccc(-c4ccc5c6ccccc6n(C6=NC(c7ccccc7)=C7c8ccccc8C=CC7N6)c5c4)cc31)c1cccc3cccc2c13. The van der Waals surface area contributed by atoms with E-state index in [1.54, 1.807) is 0 Å². The van der Waals surface area contributed by atoms with Crippen LogP contribution in [0.3, 0.4) is 0 Å². The smallest absolute Gasteiger partial charge is 0.209 e. The number of hydrogen-bond acceptors (Lipinski definition) is 2. The minimum atomic E-state index is -0.127. The largest absolute Gasteiger partial charge is 0.345 e. The van der Waals surface area contributed by atoms with Gasteiger partial charge in [-0.15, -0.1) is 0 Å². The maximum absolute atomic E-state index is 5.52. The Balaban J connectivity index is 1.04. The van der Waals surface area contributed by atoms with Crippen molar-refractivity contribution in [3.05, 3.63) is 197 Å². The average molecular weight is 690 g/mol. The van der Waals surface area contributed by atoms with Crippen molar-refractivity contribution >= 4 is 67.0 Å². The van der Waals surface area contributed by atoms with E-state index < -0.39 is 0 Å². The molecule has 0 bridgehead atoms. The summed E-state index contributed by atoms with van der Waals surface area (Å²) in [7, 11) is 0. The lowest BCUT2D eigenvalue weighted by atomic mass is 9.77. The topological polar surface area (TPSA) is 29.3 Å². The second-order valence-electron chi connectivity index (χ2n) is 15.6. The van der Waals surface area contributed by atoms with Gasteiger partial charge in [-0.25, -0.2) is 4.99 Å². The maximum Gasteiger partial charge on any atom is 0.209 e. The van der Waals surface area contributed by atoms with Crippen LogP contribution in [0.15, 0.2) is 163 Å². The monoisotopic (exact) mass is 689 g/mol. The van der Waals surface area contributed by atoms with Crippen molar-refractivity contribution in [3.8, 4) is 11.1 Å². The summed E-state index contributed by atoms with van der Waals surface area (Å²) in [4.78, 5) is 5.52. The van der Waals surface area contributed by atoms with Gasteiger partial charge in [-0.05, 0) is 84.6 Å². The van der Waals surface area contributed by atoms with Gasteiger partial charge in [0, 0.05) is 27.3 Å². The zero-order chi connectivity index (χ0) is 35.7. The fourth-order valence-corrected chi connectivity index (χ4v) is 9.94. The van der Waals surface area contributed by atoms with Crippen molar-refractivity contribution in [2.24, 2.45) is 4.99 Å². The Hall–Kier alpha value is -6.71. The number of para-hydroxylation sites is 1. The number of benzene rings is 7. The first-order valence-corrected chi connectivity index (χ1v) is 18.9. The molecule has 3 heteroatoms. The van der Waals surface area contributed by atoms with Gasteiger partial charge in [0.2, 0.25) is 5.96 Å². The van der Waals surface area contributed by atoms with Crippen LogP contribution >= 0.6 is 0 Å². The van der Waals surface area contributed by atoms with E-state index in [2.05, 4.69) is 188 Å². The van der Waals surface area contributed by atoms with Crippen molar-refractivity contribution < 1.29 is 0 Å². The van der Waals surface area contributed by atoms with Crippen LogP contribution in [0, 0.1) is 0 Å². The van der Waals surface area contributed by atoms with Gasteiger partial charge in [-0.2, -0.15) is 0 Å². The summed E-state index contributed by atoms with van der Waals surface area (Å²) >= 11 is 0. The first-order chi connectivity index (χ1) is 26.5. The number of allylic oxidation sites excluding steroid dienone is 1. The third kappa shape index (κ3) is 3.93. The first-order valence-electron chi connectivity index (χ1n) is 18.9. The van der Waals surface area contributed by atoms with Crippen LogP contribution in [0.25, 0.3) is 72.2 Å². The number of aliphatic imine (C=N–C) groups is 1. The summed E-state index contributed by atoms with van der Waals surface area (Å²) in [6, 6.07) is 55.6. The molecule has 0 radical (unpaired) electrons. The summed E-state index contributed by atoms with van der Waals surface area (Å²) in [6.45, 7) is 4.81. The van der Waals surface area contributed by atoms with Crippen LogP contribution < -0.4 is 5.32 Å². The lowest BCUT2D eigenvalue weighted by molar-refractivity contribution is 0.705. The van der Waals surface area contributed by atoms with E-state index in [1.165, 1.54) is 82.8 Å². The molecule has 254 valence electrons. The van der Waals surface area contributed by atoms with E-state index in [4.69, 9.17) is 4.99 Å². The molecule has 1 atom stereocenters. The number of nitrogens with one attached hydrogen (secondary N) is 1. The highest BCUT2D eigenvalue weighted by atomic mass is 15.2. The second kappa shape index (κ2) is 10.7. The summed E-state index contributed by atoms with van der Waals surface area (Å²) in [5, 5.41) is 9.04. The van der Waals surface area contributed by atoms with Gasteiger partial charge < -0.3 is 5.32 Å². The third-order valence-electron chi connectivity index (χ3n) is 12.3. The normalized spacial score (nSPS) is 17.4. The van der Waals surface area contributed by atoms with E-state index in [0.29, 0.717) is 0 Å². The van der Waals surface area contributed by atoms with Crippen LogP contribution in [-0.2, 0) is 5.41 Å². The predicted molar refractivity (Wildman–Crippen MR) is 226 cm³/mol. The molecule has 0 saturated carbocycles. The van der Waals surface area contributed by atoms with E-state index in [9.17, 15) is 0 Å². The van der Waals surface area contributed by atoms with Crippen molar-refractivity contribution in [2.45, 2.75) is 25.3 Å². The minimum Gasteiger partial charge on any atom is -0.345 e. The Kier molecular flexibility index (Phi) is 5.90. The predicted octanol–water partition coefficient (Wildman–Crippen LogP) is 11.9. The third-order valence-corrected chi connectivity index (χ3v) is 12.3. The molecule has 12 rings (SSSR count). The molecule has 3 aliphatic carbocycles. The Morgan fingerprint density at radius 1 is 0.593 bits per heavy atom. The number of hydrogen-bond donors (Lipinski definition) is 1. The van der Waals surface area contributed by atoms with Gasteiger partial charge >= 0.3 is 0 Å². The Morgan fingerprint density at radius 3 is 2.20 bits per heavy atom. The molecule has 1 unspecified atom stereocenters. The molecular weight excluding hydrogens is 655 g/mol. The van der Waals surface area contributed by atoms with Crippen LogP contribution in [0.1, 0.15) is 52.8 Å². The molecule has 7 aromatic carbocycles. The summed E-state index contributed by atoms with van der Waals surface area (Å²) < 4.78 is 2.34. The van der Waals surface area contributed by atoms with Crippen molar-refractivity contribution in [3.63, 3.8) is 0 Å². The molecule has 54 heavy (non-hydrogen) atoms. The van der Waals surface area contributed by atoms with E-state index in [0.717, 1.165) is 28.3 Å². The molecule has 1 aromatic heterocycles. The standard InChI is InChI=1S/C51H35N3/c1-51(2)41-28-33(23-26-38(41)46-39-19-10-15-31-16-11-20-40(45(31)39)48(46)51)34-22-25-37-36-18-8-9-21-43(36)54(44(37)29-34)50-52-42-27-24-30-12-6-7-17-35(30)47(42)49(53-50)32-13-4-3-5-14-32/h3-29,42H,1-2H3,(H,52,53). The van der Waals surface area contributed by atoms with E-state index in [1.807, 2.05) is 0 Å². The number of nitrogens with zero attached hydrogens (tertiary/aromatic N) is 2. The molecule has 0 spiro atoms. The van der Waals surface area contributed by atoms with Gasteiger partial charge in [-0.1, -0.05) is 159 Å². The lowest BCUT2D eigenvalue weighted by Gasteiger charge is -2.32. The quantitative estimate of drug-likeness (QED) is 0.192. The summed E-state index contributed by atoms with van der Waals surface area (Å²) in [5.74, 6) is 0.832. The van der Waals surface area contributed by atoms with Gasteiger partial charge in [-0.3, -0.25) is 4.57 Å². The molecule has 0 amide bonds. The molecule has 1 aliphatic heterocycles. The molecule has 0 fully saturated rings. The van der Waals surface area contributed by atoms with Crippen LogP contribution in [0.5, 0.6) is 0 Å². The van der Waals surface area contributed by atoms with Gasteiger partial charge in [0.05, 0.1) is 22.8 Å². The van der Waals surface area contributed by atoms with Gasteiger partial charge in [0.25, 0.3) is 0 Å². The molecule has 8 aromatic rings. The first kappa shape index (κ1) is 29.8. The second-order valence-corrected chi connectivity index (χ2v) is 15.6. The van der Waals surface area contributed by atoms with Crippen molar-refractivity contribution in [1.82, 2.24) is 9.88 Å². The molecular formula is C51H35N3. The van der Waals surface area contributed by atoms with Gasteiger partial charge in [0.1, 0.15) is 0 Å². The Morgan fingerprint density at radius 2 is 1.31 bits per heavy atom. The average Bonchev–Trinajstić information content (AvgIpc) is 3.82. The Labute approximate surface area is 313 Å². The highest BCUT2D eigenvalue weighted by Gasteiger charge is 2.43. The molecule has 1 N–H and O–H groups in total. The fourth-order valence-electron chi connectivity index (χ4n) is 9.94. The summed E-state index contributed by atoms with van der Waals surface area (Å²) in [6.07, 6.45) is 4.52.